The molecule has 0 aromatic heterocycles. The van der Waals surface area contributed by atoms with Crippen LogP contribution in [0.15, 0.2) is 0 Å². The van der Waals surface area contributed by atoms with Gasteiger partial charge in [0.05, 0.1) is 6.04 Å². The van der Waals surface area contributed by atoms with Crippen LogP contribution in [0, 0.1) is 11.8 Å². The molecule has 1 aliphatic heterocycles. The number of carbonyl (C=O) groups excluding carboxylic acids is 2. The van der Waals surface area contributed by atoms with Crippen molar-refractivity contribution in [3.8, 4) is 0 Å². The zero-order chi connectivity index (χ0) is 16.2. The maximum Gasteiger partial charge on any atom is 0.317 e. The zero-order valence-corrected chi connectivity index (χ0v) is 14.3. The van der Waals surface area contributed by atoms with Crippen molar-refractivity contribution in [2.24, 2.45) is 11.8 Å². The van der Waals surface area contributed by atoms with E-state index >= 15 is 0 Å². The van der Waals surface area contributed by atoms with Crippen molar-refractivity contribution < 1.29 is 9.59 Å². The molecule has 1 N–H and O–H groups in total. The third-order valence-electron chi connectivity index (χ3n) is 3.57. The van der Waals surface area contributed by atoms with Gasteiger partial charge in [-0.2, -0.15) is 0 Å². The molecule has 0 spiro atoms. The molecule has 0 radical (unpaired) electrons. The number of amides is 3. The lowest BCUT2D eigenvalue weighted by Crippen LogP contribution is -2.48. The molecule has 1 heterocycles. The first-order valence-electron chi connectivity index (χ1n) is 8.05. The van der Waals surface area contributed by atoms with E-state index in [4.69, 9.17) is 0 Å². The van der Waals surface area contributed by atoms with Gasteiger partial charge in [-0.3, -0.25) is 4.79 Å². The van der Waals surface area contributed by atoms with Gasteiger partial charge in [0.1, 0.15) is 0 Å². The largest absolute Gasteiger partial charge is 0.338 e. The number of rotatable bonds is 6. The molecule has 21 heavy (non-hydrogen) atoms. The first-order valence-corrected chi connectivity index (χ1v) is 8.05. The summed E-state index contributed by atoms with van der Waals surface area (Å²) in [6.07, 6.45) is 0.418. The van der Waals surface area contributed by atoms with Gasteiger partial charge >= 0.3 is 6.03 Å². The molecule has 0 aromatic rings. The van der Waals surface area contributed by atoms with Crippen molar-refractivity contribution in [3.63, 3.8) is 0 Å². The first kappa shape index (κ1) is 17.8. The van der Waals surface area contributed by atoms with Crippen LogP contribution in [0.5, 0.6) is 0 Å². The fraction of sp³-hybridized carbons (Fsp3) is 0.875. The Balaban J connectivity index is 2.59. The summed E-state index contributed by atoms with van der Waals surface area (Å²) in [6, 6.07) is 0.0943. The van der Waals surface area contributed by atoms with Gasteiger partial charge in [0.2, 0.25) is 5.91 Å². The van der Waals surface area contributed by atoms with E-state index in [1.807, 2.05) is 23.6 Å². The average Bonchev–Trinajstić information content (AvgIpc) is 2.68. The van der Waals surface area contributed by atoms with Crippen molar-refractivity contribution >= 4 is 11.9 Å². The number of urea groups is 1. The molecule has 1 rings (SSSR count). The lowest BCUT2D eigenvalue weighted by molar-refractivity contribution is -0.129. The van der Waals surface area contributed by atoms with Crippen LogP contribution in [0.1, 0.15) is 48.0 Å². The molecule has 122 valence electrons. The third-order valence-corrected chi connectivity index (χ3v) is 3.57. The van der Waals surface area contributed by atoms with E-state index in [-0.39, 0.29) is 24.0 Å². The van der Waals surface area contributed by atoms with Crippen molar-refractivity contribution in [2.45, 2.75) is 60.0 Å². The summed E-state index contributed by atoms with van der Waals surface area (Å²) in [5, 5.41) is 3.03. The van der Waals surface area contributed by atoms with Gasteiger partial charge in [0.25, 0.3) is 0 Å². The number of likely N-dealkylation sites (tertiary alicyclic amines) is 1. The van der Waals surface area contributed by atoms with Crippen LogP contribution in [0.4, 0.5) is 4.79 Å². The summed E-state index contributed by atoms with van der Waals surface area (Å²) < 4.78 is 0. The monoisotopic (exact) mass is 297 g/mol. The number of nitrogens with one attached hydrogen (secondary N) is 1. The summed E-state index contributed by atoms with van der Waals surface area (Å²) in [5.74, 6) is 1.01. The number of carbonyl (C=O) groups is 2. The second-order valence-corrected chi connectivity index (χ2v) is 7.18. The highest BCUT2D eigenvalue weighted by Gasteiger charge is 2.32. The Morgan fingerprint density at radius 1 is 1.19 bits per heavy atom. The second kappa shape index (κ2) is 7.66. The zero-order valence-electron chi connectivity index (χ0n) is 14.3. The van der Waals surface area contributed by atoms with E-state index in [1.54, 1.807) is 0 Å². The molecule has 0 aromatic carbocycles. The SMILES string of the molecule is CC(C)CN(CC(C)C)C(=O)NC1CC(=O)N(C(C)C)C1. The molecule has 1 unspecified atom stereocenters. The van der Waals surface area contributed by atoms with Crippen molar-refractivity contribution in [2.75, 3.05) is 19.6 Å². The lowest BCUT2D eigenvalue weighted by atomic mass is 10.1. The normalized spacial score (nSPS) is 19.0. The van der Waals surface area contributed by atoms with Crippen LogP contribution in [-0.2, 0) is 4.79 Å². The van der Waals surface area contributed by atoms with Crippen LogP contribution < -0.4 is 5.32 Å². The number of nitrogens with zero attached hydrogens (tertiary/aromatic N) is 2. The maximum atomic E-state index is 12.4. The van der Waals surface area contributed by atoms with E-state index in [0.717, 1.165) is 13.1 Å². The Morgan fingerprint density at radius 2 is 1.71 bits per heavy atom. The first-order chi connectivity index (χ1) is 9.70. The smallest absolute Gasteiger partial charge is 0.317 e. The summed E-state index contributed by atoms with van der Waals surface area (Å²) >= 11 is 0. The van der Waals surface area contributed by atoms with Crippen molar-refractivity contribution in [3.05, 3.63) is 0 Å². The van der Waals surface area contributed by atoms with E-state index < -0.39 is 0 Å². The van der Waals surface area contributed by atoms with E-state index in [9.17, 15) is 9.59 Å². The van der Waals surface area contributed by atoms with Crippen LogP contribution in [0.3, 0.4) is 0 Å². The Bertz CT molecular complexity index is 357. The maximum absolute atomic E-state index is 12.4. The highest BCUT2D eigenvalue weighted by atomic mass is 16.2. The fourth-order valence-corrected chi connectivity index (χ4v) is 2.72. The van der Waals surface area contributed by atoms with Gasteiger partial charge in [-0.15, -0.1) is 0 Å². The van der Waals surface area contributed by atoms with Crippen molar-refractivity contribution in [1.29, 1.82) is 0 Å². The van der Waals surface area contributed by atoms with Gasteiger partial charge in [0, 0.05) is 32.1 Å². The molecule has 0 saturated carbocycles. The van der Waals surface area contributed by atoms with Crippen LogP contribution >= 0.6 is 0 Å². The average molecular weight is 297 g/mol. The van der Waals surface area contributed by atoms with E-state index in [2.05, 4.69) is 33.0 Å². The molecule has 1 aliphatic rings. The lowest BCUT2D eigenvalue weighted by Gasteiger charge is -2.28. The Hall–Kier alpha value is -1.26. The number of hydrogen-bond donors (Lipinski definition) is 1. The fourth-order valence-electron chi connectivity index (χ4n) is 2.72. The predicted octanol–water partition coefficient (Wildman–Crippen LogP) is 2.32. The van der Waals surface area contributed by atoms with Gasteiger partial charge < -0.3 is 15.1 Å². The van der Waals surface area contributed by atoms with E-state index in [1.165, 1.54) is 0 Å². The molecule has 0 aliphatic carbocycles. The van der Waals surface area contributed by atoms with Crippen LogP contribution in [-0.4, -0.2) is 53.5 Å². The minimum Gasteiger partial charge on any atom is -0.338 e. The van der Waals surface area contributed by atoms with Crippen LogP contribution in [0.25, 0.3) is 0 Å². The molecular weight excluding hydrogens is 266 g/mol. The standard InChI is InChI=1S/C16H31N3O2/c1-11(2)8-18(9-12(3)4)16(21)17-14-7-15(20)19(10-14)13(5)6/h11-14H,7-10H2,1-6H3,(H,17,21). The summed E-state index contributed by atoms with van der Waals surface area (Å²) in [4.78, 5) is 28.0. The topological polar surface area (TPSA) is 52.7 Å². The summed E-state index contributed by atoms with van der Waals surface area (Å²) in [5.41, 5.74) is 0. The molecular formula is C16H31N3O2. The van der Waals surface area contributed by atoms with Gasteiger partial charge in [0.15, 0.2) is 0 Å². The third kappa shape index (κ3) is 5.56. The minimum atomic E-state index is -0.0609. The van der Waals surface area contributed by atoms with Crippen molar-refractivity contribution in [1.82, 2.24) is 15.1 Å². The highest BCUT2D eigenvalue weighted by Crippen LogP contribution is 2.15. The second-order valence-electron chi connectivity index (χ2n) is 7.18. The summed E-state index contributed by atoms with van der Waals surface area (Å²) in [7, 11) is 0. The van der Waals surface area contributed by atoms with Gasteiger partial charge in [-0.25, -0.2) is 4.79 Å². The molecule has 1 atom stereocenters. The Morgan fingerprint density at radius 3 is 2.10 bits per heavy atom. The van der Waals surface area contributed by atoms with Gasteiger partial charge in [-0.05, 0) is 25.7 Å². The van der Waals surface area contributed by atoms with Crippen LogP contribution in [0.2, 0.25) is 0 Å². The van der Waals surface area contributed by atoms with E-state index in [0.29, 0.717) is 24.8 Å². The quantitative estimate of drug-likeness (QED) is 0.818. The molecule has 5 heteroatoms. The van der Waals surface area contributed by atoms with Gasteiger partial charge in [-0.1, -0.05) is 27.7 Å². The Labute approximate surface area is 129 Å². The Kier molecular flexibility index (Phi) is 6.49. The molecule has 5 nitrogen and oxygen atoms in total. The number of hydrogen-bond acceptors (Lipinski definition) is 2. The molecule has 0 bridgehead atoms. The summed E-state index contributed by atoms with van der Waals surface area (Å²) in [6.45, 7) is 14.6. The highest BCUT2D eigenvalue weighted by molar-refractivity contribution is 5.82. The predicted molar refractivity (Wildman–Crippen MR) is 85.0 cm³/mol. The molecule has 1 saturated heterocycles. The molecule has 3 amide bonds. The minimum absolute atomic E-state index is 0.0409. The molecule has 1 fully saturated rings.